The van der Waals surface area contributed by atoms with E-state index in [4.69, 9.17) is 26.3 Å². The van der Waals surface area contributed by atoms with Crippen LogP contribution < -0.4 is 4.90 Å². The van der Waals surface area contributed by atoms with Crippen molar-refractivity contribution in [3.05, 3.63) is 41.9 Å². The second-order valence-electron chi connectivity index (χ2n) is 8.96. The molecule has 0 unspecified atom stereocenters. The number of likely N-dealkylation sites (tertiary alicyclic amines) is 1. The number of hydrogen-bond acceptors (Lipinski definition) is 7. The molecule has 5 rings (SSSR count). The maximum Gasteiger partial charge on any atom is 0.410 e. The molecule has 9 heteroatoms. The summed E-state index contributed by atoms with van der Waals surface area (Å²) >= 11 is 6.08. The van der Waals surface area contributed by atoms with Crippen LogP contribution in [0.25, 0.3) is 22.3 Å². The summed E-state index contributed by atoms with van der Waals surface area (Å²) in [5, 5.41) is 1.33. The first-order chi connectivity index (χ1) is 14.8. The number of carbonyl (C=O) groups excluding carboxylic acids is 1. The van der Waals surface area contributed by atoms with Crippen LogP contribution in [-0.4, -0.2) is 61.7 Å². The third-order valence-corrected chi connectivity index (χ3v) is 5.81. The SMILES string of the molecule is CC(C)(C)OC(=O)N1C[C@@H]2C[C@H]1CN2c1nc(-c2ccnc(Cl)c2)nc2cnccc12. The summed E-state index contributed by atoms with van der Waals surface area (Å²) in [4.78, 5) is 34.6. The minimum Gasteiger partial charge on any atom is -0.444 e. The Morgan fingerprint density at radius 3 is 2.71 bits per heavy atom. The normalized spacial score (nSPS) is 20.5. The lowest BCUT2D eigenvalue weighted by molar-refractivity contribution is 0.0214. The number of nitrogens with zero attached hydrogens (tertiary/aromatic N) is 6. The van der Waals surface area contributed by atoms with Gasteiger partial charge in [0.1, 0.15) is 16.6 Å². The van der Waals surface area contributed by atoms with Crippen LogP contribution in [0.3, 0.4) is 0 Å². The molecule has 0 N–H and O–H groups in total. The van der Waals surface area contributed by atoms with Gasteiger partial charge in [0.2, 0.25) is 0 Å². The van der Waals surface area contributed by atoms with Crippen LogP contribution in [0.15, 0.2) is 36.8 Å². The molecule has 0 aromatic carbocycles. The summed E-state index contributed by atoms with van der Waals surface area (Å²) in [6, 6.07) is 5.81. The summed E-state index contributed by atoms with van der Waals surface area (Å²) in [6.45, 7) is 6.99. The monoisotopic (exact) mass is 438 g/mol. The van der Waals surface area contributed by atoms with E-state index in [1.165, 1.54) is 0 Å². The van der Waals surface area contributed by atoms with E-state index in [0.717, 1.165) is 28.7 Å². The maximum atomic E-state index is 12.6. The number of halogens is 1. The zero-order valence-corrected chi connectivity index (χ0v) is 18.4. The van der Waals surface area contributed by atoms with Crippen molar-refractivity contribution in [2.75, 3.05) is 18.0 Å². The minimum absolute atomic E-state index is 0.102. The number of rotatable bonds is 2. The summed E-state index contributed by atoms with van der Waals surface area (Å²) in [5.41, 5.74) is 1.06. The molecule has 2 fully saturated rings. The summed E-state index contributed by atoms with van der Waals surface area (Å²) in [7, 11) is 0. The molecule has 2 bridgehead atoms. The standard InChI is InChI=1S/C22H23ClN6O2/c1-22(2,3)31-21(30)29-12-14-9-15(29)11-28(14)20-16-5-6-24-10-17(16)26-19(27-20)13-4-7-25-18(23)8-13/h4-8,10,14-15H,9,11-12H2,1-3H3/t14-,15-/m0/s1. The Kier molecular flexibility index (Phi) is 4.69. The van der Waals surface area contributed by atoms with Gasteiger partial charge in [0.15, 0.2) is 5.82 Å². The van der Waals surface area contributed by atoms with E-state index >= 15 is 0 Å². The predicted molar refractivity (Wildman–Crippen MR) is 118 cm³/mol. The number of aromatic nitrogens is 4. The molecule has 0 radical (unpaired) electrons. The van der Waals surface area contributed by atoms with Crippen LogP contribution >= 0.6 is 11.6 Å². The highest BCUT2D eigenvalue weighted by atomic mass is 35.5. The molecule has 1 amide bonds. The van der Waals surface area contributed by atoms with E-state index in [0.29, 0.717) is 24.1 Å². The van der Waals surface area contributed by atoms with Gasteiger partial charge in [-0.15, -0.1) is 0 Å². The van der Waals surface area contributed by atoms with Gasteiger partial charge in [-0.1, -0.05) is 11.6 Å². The van der Waals surface area contributed by atoms with Gasteiger partial charge in [0.25, 0.3) is 0 Å². The molecule has 31 heavy (non-hydrogen) atoms. The van der Waals surface area contributed by atoms with Gasteiger partial charge in [-0.25, -0.2) is 19.7 Å². The van der Waals surface area contributed by atoms with Crippen LogP contribution in [0, 0.1) is 0 Å². The van der Waals surface area contributed by atoms with Gasteiger partial charge in [0.05, 0.1) is 23.8 Å². The van der Waals surface area contributed by atoms with Gasteiger partial charge in [0, 0.05) is 36.4 Å². The average molecular weight is 439 g/mol. The summed E-state index contributed by atoms with van der Waals surface area (Å²) in [5.74, 6) is 1.43. The Balaban J connectivity index is 1.48. The highest BCUT2D eigenvalue weighted by molar-refractivity contribution is 6.29. The number of pyridine rings is 2. The lowest BCUT2D eigenvalue weighted by Gasteiger charge is -2.36. The first-order valence-corrected chi connectivity index (χ1v) is 10.7. The van der Waals surface area contributed by atoms with Crippen molar-refractivity contribution in [2.45, 2.75) is 44.9 Å². The number of hydrogen-bond donors (Lipinski definition) is 0. The topological polar surface area (TPSA) is 84.3 Å². The van der Waals surface area contributed by atoms with Gasteiger partial charge in [-0.3, -0.25) is 4.98 Å². The van der Waals surface area contributed by atoms with E-state index in [2.05, 4.69) is 14.9 Å². The lowest BCUT2D eigenvalue weighted by atomic mass is 10.2. The molecule has 3 aromatic rings. The Morgan fingerprint density at radius 1 is 1.16 bits per heavy atom. The molecule has 2 aliphatic heterocycles. The molecule has 0 aliphatic carbocycles. The zero-order chi connectivity index (χ0) is 21.8. The van der Waals surface area contributed by atoms with Crippen LogP contribution in [0.2, 0.25) is 5.15 Å². The Labute approximate surface area is 185 Å². The lowest BCUT2D eigenvalue weighted by Crippen LogP contribution is -2.50. The fourth-order valence-corrected chi connectivity index (χ4v) is 4.50. The smallest absolute Gasteiger partial charge is 0.410 e. The first-order valence-electron chi connectivity index (χ1n) is 10.3. The number of piperazine rings is 1. The molecular weight excluding hydrogens is 416 g/mol. The molecule has 8 nitrogen and oxygen atoms in total. The van der Waals surface area contributed by atoms with Crippen molar-refractivity contribution in [3.8, 4) is 11.4 Å². The van der Waals surface area contributed by atoms with Crippen molar-refractivity contribution >= 4 is 34.4 Å². The van der Waals surface area contributed by atoms with Crippen LogP contribution in [0.4, 0.5) is 10.6 Å². The molecule has 160 valence electrons. The number of anilines is 1. The number of amides is 1. The Hall–Kier alpha value is -3.00. The van der Waals surface area contributed by atoms with Crippen LogP contribution in [0.1, 0.15) is 27.2 Å². The molecule has 2 atom stereocenters. The van der Waals surface area contributed by atoms with E-state index < -0.39 is 5.60 Å². The molecule has 0 spiro atoms. The number of ether oxygens (including phenoxy) is 1. The molecule has 2 aliphatic rings. The minimum atomic E-state index is -0.505. The first kappa shape index (κ1) is 19.9. The molecule has 2 saturated heterocycles. The van der Waals surface area contributed by atoms with Crippen molar-refractivity contribution in [3.63, 3.8) is 0 Å². The van der Waals surface area contributed by atoms with Crippen LogP contribution in [0.5, 0.6) is 0 Å². The highest BCUT2D eigenvalue weighted by Gasteiger charge is 2.47. The Bertz CT molecular complexity index is 1160. The maximum absolute atomic E-state index is 12.6. The van der Waals surface area contributed by atoms with Crippen molar-refractivity contribution in [2.24, 2.45) is 0 Å². The predicted octanol–water partition coefficient (Wildman–Crippen LogP) is 3.94. The third kappa shape index (κ3) is 3.76. The van der Waals surface area contributed by atoms with Gasteiger partial charge in [-0.2, -0.15) is 0 Å². The van der Waals surface area contributed by atoms with Gasteiger partial charge < -0.3 is 14.5 Å². The van der Waals surface area contributed by atoms with Crippen LogP contribution in [-0.2, 0) is 4.74 Å². The van der Waals surface area contributed by atoms with Crippen molar-refractivity contribution < 1.29 is 9.53 Å². The number of carbonyl (C=O) groups is 1. The molecule has 5 heterocycles. The van der Waals surface area contributed by atoms with Gasteiger partial charge >= 0.3 is 6.09 Å². The average Bonchev–Trinajstić information content (AvgIpc) is 3.33. The third-order valence-electron chi connectivity index (χ3n) is 5.60. The second-order valence-corrected chi connectivity index (χ2v) is 9.35. The largest absolute Gasteiger partial charge is 0.444 e. The highest BCUT2D eigenvalue weighted by Crippen LogP contribution is 2.38. The fourth-order valence-electron chi connectivity index (χ4n) is 4.32. The van der Waals surface area contributed by atoms with Crippen molar-refractivity contribution in [1.82, 2.24) is 24.8 Å². The molecule has 0 saturated carbocycles. The van der Waals surface area contributed by atoms with E-state index in [-0.39, 0.29) is 18.2 Å². The van der Waals surface area contributed by atoms with E-state index in [1.54, 1.807) is 24.7 Å². The quantitative estimate of drug-likeness (QED) is 0.560. The number of fused-ring (bicyclic) bond motifs is 3. The Morgan fingerprint density at radius 2 is 2.00 bits per heavy atom. The van der Waals surface area contributed by atoms with Gasteiger partial charge in [-0.05, 0) is 45.4 Å². The van der Waals surface area contributed by atoms with E-state index in [9.17, 15) is 4.79 Å². The molecule has 3 aromatic heterocycles. The summed E-state index contributed by atoms with van der Waals surface area (Å²) in [6.07, 6.45) is 5.79. The molecular formula is C22H23ClN6O2. The fraction of sp³-hybridized carbons (Fsp3) is 0.409. The summed E-state index contributed by atoms with van der Waals surface area (Å²) < 4.78 is 5.59. The second kappa shape index (κ2) is 7.30. The zero-order valence-electron chi connectivity index (χ0n) is 17.6. The van der Waals surface area contributed by atoms with E-state index in [1.807, 2.05) is 37.8 Å². The van der Waals surface area contributed by atoms with Crippen molar-refractivity contribution in [1.29, 1.82) is 0 Å².